The summed E-state index contributed by atoms with van der Waals surface area (Å²) in [4.78, 5) is 23.0. The molecule has 0 fully saturated rings. The van der Waals surface area contributed by atoms with E-state index in [9.17, 15) is 9.59 Å². The van der Waals surface area contributed by atoms with E-state index in [2.05, 4.69) is 6.92 Å². The molecule has 0 aromatic heterocycles. The molecule has 0 atom stereocenters. The van der Waals surface area contributed by atoms with Crippen molar-refractivity contribution in [3.05, 3.63) is 0 Å². The van der Waals surface area contributed by atoms with Crippen LogP contribution in [0.15, 0.2) is 0 Å². The molecule has 4 heteroatoms. The van der Waals surface area contributed by atoms with E-state index in [1.807, 2.05) is 13.8 Å². The van der Waals surface area contributed by atoms with Crippen molar-refractivity contribution < 1.29 is 19.1 Å². The molecule has 0 heterocycles. The topological polar surface area (TPSA) is 52.6 Å². The molecule has 4 nitrogen and oxygen atoms in total. The zero-order valence-electron chi connectivity index (χ0n) is 14.0. The van der Waals surface area contributed by atoms with Crippen molar-refractivity contribution >= 4 is 11.9 Å². The van der Waals surface area contributed by atoms with Gasteiger partial charge >= 0.3 is 11.9 Å². The van der Waals surface area contributed by atoms with Gasteiger partial charge in [-0.1, -0.05) is 40.0 Å². The van der Waals surface area contributed by atoms with Crippen LogP contribution in [0.25, 0.3) is 0 Å². The van der Waals surface area contributed by atoms with E-state index in [1.54, 1.807) is 0 Å². The summed E-state index contributed by atoms with van der Waals surface area (Å²) in [5.41, 5.74) is 0. The van der Waals surface area contributed by atoms with E-state index in [1.165, 1.54) is 12.8 Å². The summed E-state index contributed by atoms with van der Waals surface area (Å²) >= 11 is 0. The Balaban J connectivity index is 3.48. The van der Waals surface area contributed by atoms with Crippen molar-refractivity contribution in [1.82, 2.24) is 0 Å². The van der Waals surface area contributed by atoms with Crippen LogP contribution in [0.1, 0.15) is 85.0 Å². The molecule has 0 saturated heterocycles. The van der Waals surface area contributed by atoms with Crippen LogP contribution in [-0.2, 0) is 19.1 Å². The number of carbonyl (C=O) groups is 2. The molecule has 0 rings (SSSR count). The van der Waals surface area contributed by atoms with E-state index in [-0.39, 0.29) is 18.0 Å². The van der Waals surface area contributed by atoms with Gasteiger partial charge in [0, 0.05) is 12.8 Å². The number of esters is 2. The van der Waals surface area contributed by atoms with Gasteiger partial charge in [-0.2, -0.15) is 0 Å². The molecule has 0 N–H and O–H groups in total. The normalized spacial score (nSPS) is 10.7. The summed E-state index contributed by atoms with van der Waals surface area (Å²) in [6.07, 6.45) is 8.33. The van der Waals surface area contributed by atoms with Gasteiger partial charge < -0.3 is 9.47 Å². The van der Waals surface area contributed by atoms with Crippen LogP contribution >= 0.6 is 0 Å². The molecule has 0 spiro atoms. The molecule has 0 aliphatic heterocycles. The summed E-state index contributed by atoms with van der Waals surface area (Å²) in [5, 5.41) is 0. The molecule has 0 unspecified atom stereocenters. The standard InChI is InChI=1S/C17H32O4/c1-4-7-8-11-14-20-16(18)12-9-10-13-17(19)21-15(5-2)6-3/h15H,4-14H2,1-3H3. The zero-order valence-corrected chi connectivity index (χ0v) is 14.0. The monoisotopic (exact) mass is 300 g/mol. The third-order valence-electron chi connectivity index (χ3n) is 3.48. The molecule has 0 saturated carbocycles. The number of rotatable bonds is 13. The predicted octanol–water partition coefficient (Wildman–Crippen LogP) is 4.40. The number of unbranched alkanes of at least 4 members (excludes halogenated alkanes) is 4. The zero-order chi connectivity index (χ0) is 15.9. The van der Waals surface area contributed by atoms with Crippen LogP contribution in [0.4, 0.5) is 0 Å². The molecule has 21 heavy (non-hydrogen) atoms. The SMILES string of the molecule is CCCCCCOC(=O)CCCCC(=O)OC(CC)CC. The van der Waals surface area contributed by atoms with Crippen LogP contribution in [0, 0.1) is 0 Å². The molecule has 0 aliphatic carbocycles. The smallest absolute Gasteiger partial charge is 0.306 e. The maximum Gasteiger partial charge on any atom is 0.306 e. The van der Waals surface area contributed by atoms with Crippen molar-refractivity contribution in [2.24, 2.45) is 0 Å². The first-order valence-corrected chi connectivity index (χ1v) is 8.49. The molecular formula is C17H32O4. The maximum absolute atomic E-state index is 11.5. The fraction of sp³-hybridized carbons (Fsp3) is 0.882. The highest BCUT2D eigenvalue weighted by molar-refractivity contribution is 5.70. The molecule has 0 aromatic carbocycles. The van der Waals surface area contributed by atoms with Crippen LogP contribution in [-0.4, -0.2) is 24.6 Å². The quantitative estimate of drug-likeness (QED) is 0.373. The average Bonchev–Trinajstić information content (AvgIpc) is 2.49. The van der Waals surface area contributed by atoms with E-state index >= 15 is 0 Å². The third kappa shape index (κ3) is 12.4. The number of ether oxygens (including phenoxy) is 2. The number of hydrogen-bond acceptors (Lipinski definition) is 4. The Kier molecular flexibility index (Phi) is 13.2. The molecule has 0 radical (unpaired) electrons. The Morgan fingerprint density at radius 2 is 1.43 bits per heavy atom. The van der Waals surface area contributed by atoms with E-state index in [0.29, 0.717) is 32.3 Å². The van der Waals surface area contributed by atoms with E-state index < -0.39 is 0 Å². The first kappa shape index (κ1) is 19.9. The average molecular weight is 300 g/mol. The Morgan fingerprint density at radius 3 is 2.00 bits per heavy atom. The van der Waals surface area contributed by atoms with Gasteiger partial charge in [0.1, 0.15) is 6.10 Å². The third-order valence-corrected chi connectivity index (χ3v) is 3.48. The lowest BCUT2D eigenvalue weighted by Crippen LogP contribution is -2.16. The van der Waals surface area contributed by atoms with Gasteiger partial charge in [0.2, 0.25) is 0 Å². The van der Waals surface area contributed by atoms with E-state index in [4.69, 9.17) is 9.47 Å². The number of hydrogen-bond donors (Lipinski definition) is 0. The second kappa shape index (κ2) is 13.9. The van der Waals surface area contributed by atoms with Crippen LogP contribution in [0.3, 0.4) is 0 Å². The van der Waals surface area contributed by atoms with Gasteiger partial charge in [0.15, 0.2) is 0 Å². The summed E-state index contributed by atoms with van der Waals surface area (Å²) in [5.74, 6) is -0.309. The maximum atomic E-state index is 11.5. The summed E-state index contributed by atoms with van der Waals surface area (Å²) < 4.78 is 10.4. The lowest BCUT2D eigenvalue weighted by Gasteiger charge is -2.13. The van der Waals surface area contributed by atoms with Crippen LogP contribution < -0.4 is 0 Å². The lowest BCUT2D eigenvalue weighted by atomic mass is 10.2. The minimum Gasteiger partial charge on any atom is -0.466 e. The first-order valence-electron chi connectivity index (χ1n) is 8.49. The van der Waals surface area contributed by atoms with Crippen LogP contribution in [0.5, 0.6) is 0 Å². The Hall–Kier alpha value is -1.06. The second-order valence-corrected chi connectivity index (χ2v) is 5.42. The van der Waals surface area contributed by atoms with Crippen molar-refractivity contribution in [3.8, 4) is 0 Å². The molecular weight excluding hydrogens is 268 g/mol. The van der Waals surface area contributed by atoms with Crippen molar-refractivity contribution in [1.29, 1.82) is 0 Å². The summed E-state index contributed by atoms with van der Waals surface area (Å²) in [6, 6.07) is 0. The predicted molar refractivity (Wildman–Crippen MR) is 84.0 cm³/mol. The largest absolute Gasteiger partial charge is 0.466 e. The minimum absolute atomic E-state index is 0.0330. The van der Waals surface area contributed by atoms with Gasteiger partial charge in [-0.3, -0.25) is 9.59 Å². The van der Waals surface area contributed by atoms with Crippen molar-refractivity contribution in [2.75, 3.05) is 6.61 Å². The van der Waals surface area contributed by atoms with Crippen molar-refractivity contribution in [3.63, 3.8) is 0 Å². The second-order valence-electron chi connectivity index (χ2n) is 5.42. The fourth-order valence-electron chi connectivity index (χ4n) is 2.03. The van der Waals surface area contributed by atoms with Crippen LogP contribution in [0.2, 0.25) is 0 Å². The molecule has 124 valence electrons. The highest BCUT2D eigenvalue weighted by atomic mass is 16.5. The van der Waals surface area contributed by atoms with Crippen molar-refractivity contribution in [2.45, 2.75) is 91.1 Å². The summed E-state index contributed by atoms with van der Waals surface area (Å²) in [6.45, 7) is 6.70. The van der Waals surface area contributed by atoms with E-state index in [0.717, 1.165) is 25.7 Å². The van der Waals surface area contributed by atoms with Gasteiger partial charge in [0.05, 0.1) is 6.61 Å². The lowest BCUT2D eigenvalue weighted by molar-refractivity contribution is -0.150. The highest BCUT2D eigenvalue weighted by Crippen LogP contribution is 2.08. The fourth-order valence-corrected chi connectivity index (χ4v) is 2.03. The van der Waals surface area contributed by atoms with Gasteiger partial charge in [-0.05, 0) is 32.1 Å². The van der Waals surface area contributed by atoms with Gasteiger partial charge in [0.25, 0.3) is 0 Å². The highest BCUT2D eigenvalue weighted by Gasteiger charge is 2.10. The molecule has 0 aromatic rings. The Bertz CT molecular complexity index is 272. The van der Waals surface area contributed by atoms with Gasteiger partial charge in [-0.25, -0.2) is 0 Å². The molecule has 0 amide bonds. The number of carbonyl (C=O) groups excluding carboxylic acids is 2. The summed E-state index contributed by atoms with van der Waals surface area (Å²) in [7, 11) is 0. The molecule has 0 bridgehead atoms. The van der Waals surface area contributed by atoms with Gasteiger partial charge in [-0.15, -0.1) is 0 Å². The Labute approximate surface area is 129 Å². The first-order chi connectivity index (χ1) is 10.1. The minimum atomic E-state index is -0.156. The molecule has 0 aliphatic rings. The Morgan fingerprint density at radius 1 is 0.810 bits per heavy atom.